The molecule has 1 fully saturated rings. The standard InChI is InChI=1S/C17H23N3O/c1-2-18-15-9-5-6-13(15)10-11-20-12-19-16-8-4-3-7-14(16)17(20)21/h3-4,7-8,12-13,15,18H,2,5-6,9-11H2,1H3. The van der Waals surface area contributed by atoms with Crippen LogP contribution in [0.5, 0.6) is 0 Å². The Morgan fingerprint density at radius 3 is 3.05 bits per heavy atom. The van der Waals surface area contributed by atoms with Gasteiger partial charge in [-0.3, -0.25) is 9.36 Å². The lowest BCUT2D eigenvalue weighted by atomic mass is 9.99. The van der Waals surface area contributed by atoms with E-state index >= 15 is 0 Å². The van der Waals surface area contributed by atoms with Gasteiger partial charge in [0.05, 0.1) is 17.2 Å². The molecule has 21 heavy (non-hydrogen) atoms. The van der Waals surface area contributed by atoms with Crippen molar-refractivity contribution in [2.45, 2.75) is 45.2 Å². The zero-order valence-corrected chi connectivity index (χ0v) is 12.6. The van der Waals surface area contributed by atoms with E-state index in [1.54, 1.807) is 10.9 Å². The molecule has 2 atom stereocenters. The van der Waals surface area contributed by atoms with Crippen molar-refractivity contribution < 1.29 is 0 Å². The van der Waals surface area contributed by atoms with Gasteiger partial charge in [-0.25, -0.2) is 4.98 Å². The summed E-state index contributed by atoms with van der Waals surface area (Å²) in [6.45, 7) is 3.95. The lowest BCUT2D eigenvalue weighted by Crippen LogP contribution is -2.33. The molecular formula is C17H23N3O. The minimum Gasteiger partial charge on any atom is -0.314 e. The molecule has 3 rings (SSSR count). The lowest BCUT2D eigenvalue weighted by Gasteiger charge is -2.20. The molecule has 0 amide bonds. The first-order chi connectivity index (χ1) is 10.3. The zero-order valence-electron chi connectivity index (χ0n) is 12.6. The summed E-state index contributed by atoms with van der Waals surface area (Å²) in [6, 6.07) is 8.18. The molecule has 2 unspecified atom stereocenters. The van der Waals surface area contributed by atoms with Gasteiger partial charge in [-0.1, -0.05) is 25.5 Å². The van der Waals surface area contributed by atoms with E-state index in [0.717, 1.165) is 30.4 Å². The molecule has 1 aliphatic carbocycles. The Hall–Kier alpha value is -1.68. The molecule has 1 N–H and O–H groups in total. The summed E-state index contributed by atoms with van der Waals surface area (Å²) in [4.78, 5) is 16.8. The van der Waals surface area contributed by atoms with Gasteiger partial charge >= 0.3 is 0 Å². The largest absolute Gasteiger partial charge is 0.314 e. The quantitative estimate of drug-likeness (QED) is 0.918. The van der Waals surface area contributed by atoms with E-state index in [1.165, 1.54) is 19.3 Å². The van der Waals surface area contributed by atoms with Gasteiger partial charge in [0.25, 0.3) is 5.56 Å². The summed E-state index contributed by atoms with van der Waals surface area (Å²) < 4.78 is 1.77. The van der Waals surface area contributed by atoms with Crippen LogP contribution in [0.3, 0.4) is 0 Å². The van der Waals surface area contributed by atoms with Gasteiger partial charge < -0.3 is 5.32 Å². The van der Waals surface area contributed by atoms with Gasteiger partial charge in [0.2, 0.25) is 0 Å². The summed E-state index contributed by atoms with van der Waals surface area (Å²) in [7, 11) is 0. The second-order valence-electron chi connectivity index (χ2n) is 5.90. The molecule has 1 saturated carbocycles. The number of nitrogens with zero attached hydrogens (tertiary/aromatic N) is 2. The van der Waals surface area contributed by atoms with Crippen molar-refractivity contribution >= 4 is 10.9 Å². The Bertz CT molecular complexity index is 664. The summed E-state index contributed by atoms with van der Waals surface area (Å²) in [5, 5.41) is 4.29. The van der Waals surface area contributed by atoms with E-state index in [4.69, 9.17) is 0 Å². The number of nitrogens with one attached hydrogen (secondary N) is 1. The Balaban J connectivity index is 1.73. The molecule has 0 aliphatic heterocycles. The van der Waals surface area contributed by atoms with E-state index < -0.39 is 0 Å². The van der Waals surface area contributed by atoms with Crippen molar-refractivity contribution in [3.63, 3.8) is 0 Å². The Kier molecular flexibility index (Phi) is 4.34. The number of fused-ring (bicyclic) bond motifs is 1. The van der Waals surface area contributed by atoms with Crippen LogP contribution in [-0.2, 0) is 6.54 Å². The third kappa shape index (κ3) is 3.00. The Morgan fingerprint density at radius 1 is 1.33 bits per heavy atom. The van der Waals surface area contributed by atoms with Crippen molar-refractivity contribution in [1.29, 1.82) is 0 Å². The molecule has 4 heteroatoms. The first kappa shape index (κ1) is 14.3. The van der Waals surface area contributed by atoms with Crippen LogP contribution < -0.4 is 10.9 Å². The van der Waals surface area contributed by atoms with Crippen LogP contribution in [-0.4, -0.2) is 22.1 Å². The summed E-state index contributed by atoms with van der Waals surface area (Å²) in [6.07, 6.45) is 6.59. The molecule has 0 spiro atoms. The average molecular weight is 285 g/mol. The molecule has 1 aromatic carbocycles. The fraction of sp³-hybridized carbons (Fsp3) is 0.529. The molecule has 0 bridgehead atoms. The van der Waals surface area contributed by atoms with E-state index in [2.05, 4.69) is 17.2 Å². The van der Waals surface area contributed by atoms with Crippen molar-refractivity contribution in [3.05, 3.63) is 40.9 Å². The minimum atomic E-state index is 0.0820. The number of rotatable bonds is 5. The molecular weight excluding hydrogens is 262 g/mol. The highest BCUT2D eigenvalue weighted by molar-refractivity contribution is 5.76. The highest BCUT2D eigenvalue weighted by Crippen LogP contribution is 2.28. The number of aryl methyl sites for hydroxylation is 1. The van der Waals surface area contributed by atoms with Gasteiger partial charge in [-0.05, 0) is 43.9 Å². The first-order valence-electron chi connectivity index (χ1n) is 7.97. The molecule has 1 aliphatic rings. The highest BCUT2D eigenvalue weighted by Gasteiger charge is 2.26. The van der Waals surface area contributed by atoms with Crippen LogP contribution in [0.15, 0.2) is 35.4 Å². The number of benzene rings is 1. The molecule has 4 nitrogen and oxygen atoms in total. The topological polar surface area (TPSA) is 46.9 Å². The molecule has 0 saturated heterocycles. The highest BCUT2D eigenvalue weighted by atomic mass is 16.1. The Morgan fingerprint density at radius 2 is 2.19 bits per heavy atom. The maximum absolute atomic E-state index is 12.4. The van der Waals surface area contributed by atoms with Crippen LogP contribution in [0.25, 0.3) is 10.9 Å². The molecule has 1 aromatic heterocycles. The minimum absolute atomic E-state index is 0.0820. The van der Waals surface area contributed by atoms with Crippen molar-refractivity contribution in [2.24, 2.45) is 5.92 Å². The van der Waals surface area contributed by atoms with E-state index in [9.17, 15) is 4.79 Å². The predicted octanol–water partition coefficient (Wildman–Crippen LogP) is 2.56. The SMILES string of the molecule is CCNC1CCCC1CCn1cnc2ccccc2c1=O. The van der Waals surface area contributed by atoms with Gasteiger partial charge in [0.15, 0.2) is 0 Å². The monoisotopic (exact) mass is 285 g/mol. The first-order valence-corrected chi connectivity index (χ1v) is 7.97. The molecule has 2 aromatic rings. The van der Waals surface area contributed by atoms with E-state index in [0.29, 0.717) is 12.0 Å². The molecule has 1 heterocycles. The number of para-hydroxylation sites is 1. The van der Waals surface area contributed by atoms with Crippen LogP contribution in [0.1, 0.15) is 32.6 Å². The van der Waals surface area contributed by atoms with Crippen LogP contribution in [0.4, 0.5) is 0 Å². The maximum Gasteiger partial charge on any atom is 0.261 e. The lowest BCUT2D eigenvalue weighted by molar-refractivity contribution is 0.364. The summed E-state index contributed by atoms with van der Waals surface area (Å²) in [5.74, 6) is 0.684. The summed E-state index contributed by atoms with van der Waals surface area (Å²) >= 11 is 0. The van der Waals surface area contributed by atoms with Gasteiger partial charge in [-0.2, -0.15) is 0 Å². The molecule has 112 valence electrons. The smallest absolute Gasteiger partial charge is 0.261 e. The fourth-order valence-electron chi connectivity index (χ4n) is 3.48. The number of aromatic nitrogens is 2. The second-order valence-corrected chi connectivity index (χ2v) is 5.90. The normalized spacial score (nSPS) is 22.0. The summed E-state index contributed by atoms with van der Waals surface area (Å²) in [5.41, 5.74) is 0.865. The third-order valence-corrected chi connectivity index (χ3v) is 4.60. The maximum atomic E-state index is 12.4. The second kappa shape index (κ2) is 6.39. The van der Waals surface area contributed by atoms with Gasteiger partial charge in [0.1, 0.15) is 0 Å². The van der Waals surface area contributed by atoms with Crippen molar-refractivity contribution in [3.8, 4) is 0 Å². The number of hydrogen-bond donors (Lipinski definition) is 1. The van der Waals surface area contributed by atoms with Gasteiger partial charge in [-0.15, -0.1) is 0 Å². The third-order valence-electron chi connectivity index (χ3n) is 4.60. The number of hydrogen-bond acceptors (Lipinski definition) is 3. The predicted molar refractivity (Wildman–Crippen MR) is 85.4 cm³/mol. The van der Waals surface area contributed by atoms with Crippen LogP contribution in [0, 0.1) is 5.92 Å². The van der Waals surface area contributed by atoms with Crippen LogP contribution >= 0.6 is 0 Å². The molecule has 0 radical (unpaired) electrons. The van der Waals surface area contributed by atoms with Crippen molar-refractivity contribution in [1.82, 2.24) is 14.9 Å². The van der Waals surface area contributed by atoms with Gasteiger partial charge in [0, 0.05) is 12.6 Å². The van der Waals surface area contributed by atoms with Crippen molar-refractivity contribution in [2.75, 3.05) is 6.54 Å². The average Bonchev–Trinajstić information content (AvgIpc) is 2.95. The van der Waals surface area contributed by atoms with E-state index in [-0.39, 0.29) is 5.56 Å². The Labute approximate surface area is 125 Å². The zero-order chi connectivity index (χ0) is 14.7. The fourth-order valence-corrected chi connectivity index (χ4v) is 3.48. The van der Waals surface area contributed by atoms with Crippen LogP contribution in [0.2, 0.25) is 0 Å². The van der Waals surface area contributed by atoms with E-state index in [1.807, 2.05) is 24.3 Å².